The molecule has 0 saturated heterocycles. The third-order valence-electron chi connectivity index (χ3n) is 2.26. The number of halogens is 1. The summed E-state index contributed by atoms with van der Waals surface area (Å²) in [5.74, 6) is -0.714. The molecule has 0 spiro atoms. The summed E-state index contributed by atoms with van der Waals surface area (Å²) in [5, 5.41) is 2.82. The second-order valence-electron chi connectivity index (χ2n) is 3.58. The average molecular weight is 268 g/mol. The number of hydrogen-bond acceptors (Lipinski definition) is 4. The molecule has 1 aliphatic heterocycles. The molecule has 0 aliphatic carbocycles. The molecule has 2 amide bonds. The van der Waals surface area contributed by atoms with E-state index in [-0.39, 0.29) is 12.4 Å². The van der Waals surface area contributed by atoms with Gasteiger partial charge in [0, 0.05) is 0 Å². The summed E-state index contributed by atoms with van der Waals surface area (Å²) in [6, 6.07) is 5.61. The fourth-order valence-electron chi connectivity index (χ4n) is 1.34. The van der Waals surface area contributed by atoms with Gasteiger partial charge in [-0.15, -0.1) is 0 Å². The van der Waals surface area contributed by atoms with Crippen LogP contribution in [0, 0.1) is 0 Å². The van der Waals surface area contributed by atoms with Crippen LogP contribution in [0.25, 0.3) is 0 Å². The Morgan fingerprint density at radius 2 is 2.11 bits per heavy atom. The number of rotatable bonds is 3. The summed E-state index contributed by atoms with van der Waals surface area (Å²) in [6.45, 7) is -0.0616. The normalized spacial score (nSPS) is 19.2. The second kappa shape index (κ2) is 5.16. The highest BCUT2D eigenvalue weighted by atomic mass is 35.5. The van der Waals surface area contributed by atoms with Gasteiger partial charge in [0.05, 0.1) is 5.02 Å². The van der Waals surface area contributed by atoms with E-state index < -0.39 is 17.9 Å². The van der Waals surface area contributed by atoms with Gasteiger partial charge >= 0.3 is 0 Å². The number of nitrogens with two attached hydrogens (primary N) is 1. The highest BCUT2D eigenvalue weighted by Crippen LogP contribution is 2.22. The van der Waals surface area contributed by atoms with E-state index >= 15 is 0 Å². The topological polar surface area (TPSA) is 93.8 Å². The van der Waals surface area contributed by atoms with Crippen molar-refractivity contribution in [2.24, 2.45) is 10.7 Å². The summed E-state index contributed by atoms with van der Waals surface area (Å²) in [5.41, 5.74) is 5.28. The Balaban J connectivity index is 2.04. The Hall–Kier alpha value is -1.92. The lowest BCUT2D eigenvalue weighted by Gasteiger charge is -2.17. The van der Waals surface area contributed by atoms with Gasteiger partial charge < -0.3 is 15.8 Å². The lowest BCUT2D eigenvalue weighted by Crippen LogP contribution is -2.53. The first-order valence-electron chi connectivity index (χ1n) is 5.13. The predicted octanol–water partition coefficient (Wildman–Crippen LogP) is 0.101. The Bertz CT molecular complexity index is 530. The molecule has 1 atom stereocenters. The summed E-state index contributed by atoms with van der Waals surface area (Å²) in [4.78, 5) is 26.1. The first kappa shape index (κ1) is 12.5. The van der Waals surface area contributed by atoms with Gasteiger partial charge in [0.1, 0.15) is 12.4 Å². The van der Waals surface area contributed by atoms with Crippen LogP contribution < -0.4 is 15.8 Å². The van der Waals surface area contributed by atoms with Crippen molar-refractivity contribution >= 4 is 29.3 Å². The zero-order valence-corrected chi connectivity index (χ0v) is 9.98. The van der Waals surface area contributed by atoms with Gasteiger partial charge in [-0.2, -0.15) is 4.99 Å². The standard InChI is InChI=1S/C11H10ClN3O3/c12-6-3-1-2-4-7(6)18-5-8-14-10(16)9(13)11(17)15-8/h1-4,9H,5,13H2,(H,14,15,16,17). The molecular formula is C11H10ClN3O3. The molecule has 7 heteroatoms. The molecular weight excluding hydrogens is 258 g/mol. The molecule has 0 aromatic heterocycles. The smallest absolute Gasteiger partial charge is 0.274 e. The van der Waals surface area contributed by atoms with E-state index in [1.807, 2.05) is 0 Å². The molecule has 1 unspecified atom stereocenters. The fraction of sp³-hybridized carbons (Fsp3) is 0.182. The van der Waals surface area contributed by atoms with Crippen LogP contribution in [0.1, 0.15) is 0 Å². The third-order valence-corrected chi connectivity index (χ3v) is 2.57. The maximum absolute atomic E-state index is 11.3. The Morgan fingerprint density at radius 3 is 2.78 bits per heavy atom. The number of benzene rings is 1. The van der Waals surface area contributed by atoms with E-state index in [1.54, 1.807) is 24.3 Å². The quantitative estimate of drug-likeness (QED) is 0.760. The monoisotopic (exact) mass is 267 g/mol. The van der Waals surface area contributed by atoms with E-state index in [2.05, 4.69) is 10.3 Å². The summed E-state index contributed by atoms with van der Waals surface area (Å²) < 4.78 is 5.34. The van der Waals surface area contributed by atoms with Crippen molar-refractivity contribution in [3.63, 3.8) is 0 Å². The lowest BCUT2D eigenvalue weighted by atomic mass is 10.2. The van der Waals surface area contributed by atoms with E-state index in [1.165, 1.54) is 0 Å². The molecule has 1 aliphatic rings. The first-order chi connectivity index (χ1) is 8.58. The number of carbonyl (C=O) groups is 2. The highest BCUT2D eigenvalue weighted by molar-refractivity contribution is 6.32. The van der Waals surface area contributed by atoms with Crippen molar-refractivity contribution in [3.8, 4) is 5.75 Å². The maximum Gasteiger partial charge on any atom is 0.274 e. The number of carbonyl (C=O) groups excluding carboxylic acids is 2. The third kappa shape index (κ3) is 2.66. The first-order valence-corrected chi connectivity index (χ1v) is 5.51. The van der Waals surface area contributed by atoms with Gasteiger partial charge in [0.2, 0.25) is 0 Å². The van der Waals surface area contributed by atoms with Crippen molar-refractivity contribution in [1.82, 2.24) is 5.32 Å². The van der Waals surface area contributed by atoms with Crippen molar-refractivity contribution in [2.75, 3.05) is 6.61 Å². The van der Waals surface area contributed by atoms with Crippen LogP contribution >= 0.6 is 11.6 Å². The number of ether oxygens (including phenoxy) is 1. The fourth-order valence-corrected chi connectivity index (χ4v) is 1.53. The molecule has 3 N–H and O–H groups in total. The van der Waals surface area contributed by atoms with Crippen LogP contribution in [0.2, 0.25) is 5.02 Å². The van der Waals surface area contributed by atoms with Crippen molar-refractivity contribution in [1.29, 1.82) is 0 Å². The molecule has 1 heterocycles. The van der Waals surface area contributed by atoms with Crippen LogP contribution in [0.4, 0.5) is 0 Å². The molecule has 6 nitrogen and oxygen atoms in total. The van der Waals surface area contributed by atoms with Crippen molar-refractivity contribution in [3.05, 3.63) is 29.3 Å². The molecule has 0 fully saturated rings. The minimum absolute atomic E-state index is 0.0616. The SMILES string of the molecule is NC1C(=O)N=C(COc2ccccc2Cl)NC1=O. The van der Waals surface area contributed by atoms with Crippen LogP contribution in [0.3, 0.4) is 0 Å². The molecule has 1 aromatic rings. The van der Waals surface area contributed by atoms with Crippen molar-refractivity contribution < 1.29 is 14.3 Å². The highest BCUT2D eigenvalue weighted by Gasteiger charge is 2.28. The second-order valence-corrected chi connectivity index (χ2v) is 3.99. The molecule has 1 aromatic carbocycles. The van der Waals surface area contributed by atoms with Gasteiger partial charge in [-0.3, -0.25) is 9.59 Å². The average Bonchev–Trinajstić information content (AvgIpc) is 2.35. The van der Waals surface area contributed by atoms with E-state index in [0.717, 1.165) is 0 Å². The number of amides is 2. The van der Waals surface area contributed by atoms with Gasteiger partial charge in [-0.05, 0) is 12.1 Å². The van der Waals surface area contributed by atoms with Crippen LogP contribution in [-0.4, -0.2) is 30.3 Å². The zero-order valence-electron chi connectivity index (χ0n) is 9.22. The van der Waals surface area contributed by atoms with Crippen molar-refractivity contribution in [2.45, 2.75) is 6.04 Å². The Morgan fingerprint density at radius 1 is 1.39 bits per heavy atom. The largest absolute Gasteiger partial charge is 0.484 e. The van der Waals surface area contributed by atoms with Crippen LogP contribution in [0.5, 0.6) is 5.75 Å². The van der Waals surface area contributed by atoms with Crippen LogP contribution in [-0.2, 0) is 9.59 Å². The summed E-state index contributed by atoms with van der Waals surface area (Å²) in [7, 11) is 0. The lowest BCUT2D eigenvalue weighted by molar-refractivity contribution is -0.129. The molecule has 94 valence electrons. The number of hydrogen-bond donors (Lipinski definition) is 2. The Kier molecular flexibility index (Phi) is 3.59. The molecule has 0 radical (unpaired) electrons. The van der Waals surface area contributed by atoms with Gasteiger partial charge in [-0.1, -0.05) is 23.7 Å². The minimum atomic E-state index is -1.24. The van der Waals surface area contributed by atoms with Crippen LogP contribution in [0.15, 0.2) is 29.3 Å². The van der Waals surface area contributed by atoms with Gasteiger partial charge in [0.15, 0.2) is 11.9 Å². The summed E-state index contributed by atoms with van der Waals surface area (Å²) >= 11 is 5.88. The molecule has 0 saturated carbocycles. The number of para-hydroxylation sites is 1. The van der Waals surface area contributed by atoms with E-state index in [9.17, 15) is 9.59 Å². The minimum Gasteiger partial charge on any atom is -0.484 e. The maximum atomic E-state index is 11.3. The number of nitrogens with one attached hydrogen (secondary N) is 1. The predicted molar refractivity (Wildman–Crippen MR) is 65.5 cm³/mol. The summed E-state index contributed by atoms with van der Waals surface area (Å²) in [6.07, 6.45) is 0. The van der Waals surface area contributed by atoms with E-state index in [4.69, 9.17) is 22.1 Å². The zero-order chi connectivity index (χ0) is 13.1. The van der Waals surface area contributed by atoms with E-state index in [0.29, 0.717) is 10.8 Å². The number of nitrogens with zero attached hydrogens (tertiary/aromatic N) is 1. The number of aliphatic imine (C=N–C) groups is 1. The molecule has 18 heavy (non-hydrogen) atoms. The van der Waals surface area contributed by atoms with Gasteiger partial charge in [0.25, 0.3) is 11.8 Å². The number of amidine groups is 1. The Labute approximate surface area is 108 Å². The van der Waals surface area contributed by atoms with Gasteiger partial charge in [-0.25, -0.2) is 0 Å². The molecule has 0 bridgehead atoms. The molecule has 2 rings (SSSR count).